The number of nitrogens with zero attached hydrogens (tertiary/aromatic N) is 3. The smallest absolute Gasteiger partial charge is 0.238 e. The molecule has 23 heavy (non-hydrogen) atoms. The molecule has 1 saturated heterocycles. The molecular weight excluding hydrogens is 316 g/mol. The van der Waals surface area contributed by atoms with Crippen molar-refractivity contribution in [3.63, 3.8) is 0 Å². The van der Waals surface area contributed by atoms with Gasteiger partial charge in [-0.15, -0.1) is 0 Å². The van der Waals surface area contributed by atoms with Crippen LogP contribution < -0.4 is 10.0 Å². The summed E-state index contributed by atoms with van der Waals surface area (Å²) in [5.41, 5.74) is 2.13. The zero-order valence-electron chi connectivity index (χ0n) is 13.0. The maximum absolute atomic E-state index is 11.3. The van der Waals surface area contributed by atoms with Crippen LogP contribution in [0.25, 0.3) is 0 Å². The average Bonchev–Trinajstić information content (AvgIpc) is 2.93. The number of sulfonamides is 1. The number of piperazine rings is 1. The quantitative estimate of drug-likeness (QED) is 0.894. The van der Waals surface area contributed by atoms with Crippen molar-refractivity contribution in [1.82, 2.24) is 10.1 Å². The highest BCUT2D eigenvalue weighted by Crippen LogP contribution is 2.20. The molecule has 2 N–H and O–H groups in total. The number of primary sulfonamides is 1. The Hall–Kier alpha value is -1.90. The van der Waals surface area contributed by atoms with Gasteiger partial charge in [0.25, 0.3) is 0 Å². The van der Waals surface area contributed by atoms with Crippen molar-refractivity contribution in [2.75, 3.05) is 31.1 Å². The van der Waals surface area contributed by atoms with Crippen LogP contribution in [0.5, 0.6) is 0 Å². The SMILES string of the molecule is Cc1oncc1CN1CCN(c2ccc(S(N)(=O)=O)cc2)CC1. The third kappa shape index (κ3) is 3.72. The Kier molecular flexibility index (Phi) is 4.38. The minimum absolute atomic E-state index is 0.141. The summed E-state index contributed by atoms with van der Waals surface area (Å²) in [6.07, 6.45) is 1.77. The van der Waals surface area contributed by atoms with Crippen molar-refractivity contribution in [3.8, 4) is 0 Å². The van der Waals surface area contributed by atoms with Gasteiger partial charge in [-0.1, -0.05) is 5.16 Å². The van der Waals surface area contributed by atoms with Gasteiger partial charge >= 0.3 is 0 Å². The lowest BCUT2D eigenvalue weighted by Crippen LogP contribution is -2.46. The molecule has 0 saturated carbocycles. The second-order valence-corrected chi connectivity index (χ2v) is 7.27. The molecule has 7 nitrogen and oxygen atoms in total. The Morgan fingerprint density at radius 3 is 2.35 bits per heavy atom. The van der Waals surface area contributed by atoms with Crippen LogP contribution in [0.3, 0.4) is 0 Å². The van der Waals surface area contributed by atoms with Crippen molar-refractivity contribution in [1.29, 1.82) is 0 Å². The summed E-state index contributed by atoms with van der Waals surface area (Å²) < 4.78 is 27.7. The number of nitrogens with two attached hydrogens (primary N) is 1. The Labute approximate surface area is 135 Å². The first-order chi connectivity index (χ1) is 10.9. The lowest BCUT2D eigenvalue weighted by Gasteiger charge is -2.36. The first kappa shape index (κ1) is 16.0. The van der Waals surface area contributed by atoms with E-state index in [1.807, 2.05) is 6.92 Å². The van der Waals surface area contributed by atoms with Gasteiger partial charge in [-0.05, 0) is 31.2 Å². The number of aryl methyl sites for hydroxylation is 1. The fraction of sp³-hybridized carbons (Fsp3) is 0.400. The van der Waals surface area contributed by atoms with E-state index in [0.29, 0.717) is 0 Å². The van der Waals surface area contributed by atoms with Crippen LogP contribution in [-0.2, 0) is 16.6 Å². The number of benzene rings is 1. The summed E-state index contributed by atoms with van der Waals surface area (Å²) in [5, 5.41) is 8.93. The predicted octanol–water partition coefficient (Wildman–Crippen LogP) is 0.953. The third-order valence-electron chi connectivity index (χ3n) is 4.15. The van der Waals surface area contributed by atoms with Crippen LogP contribution in [-0.4, -0.2) is 44.7 Å². The van der Waals surface area contributed by atoms with Crippen molar-refractivity contribution in [3.05, 3.63) is 41.8 Å². The van der Waals surface area contributed by atoms with Gasteiger partial charge in [0.15, 0.2) is 0 Å². The van der Waals surface area contributed by atoms with Gasteiger partial charge in [0, 0.05) is 44.0 Å². The van der Waals surface area contributed by atoms with Gasteiger partial charge in [-0.2, -0.15) is 0 Å². The standard InChI is InChI=1S/C15H20N4O3S/c1-12-13(10-17-22-12)11-18-6-8-19(9-7-18)14-2-4-15(5-3-14)23(16,20)21/h2-5,10H,6-9,11H2,1H3,(H2,16,20,21). The normalized spacial score (nSPS) is 16.7. The summed E-state index contributed by atoms with van der Waals surface area (Å²) in [5.74, 6) is 0.867. The molecule has 0 radical (unpaired) electrons. The Morgan fingerprint density at radius 1 is 1.17 bits per heavy atom. The lowest BCUT2D eigenvalue weighted by molar-refractivity contribution is 0.248. The molecule has 1 aliphatic rings. The number of anilines is 1. The monoisotopic (exact) mass is 336 g/mol. The maximum Gasteiger partial charge on any atom is 0.238 e. The fourth-order valence-corrected chi connectivity index (χ4v) is 3.24. The number of rotatable bonds is 4. The van der Waals surface area contributed by atoms with Gasteiger partial charge in [-0.3, -0.25) is 4.90 Å². The second kappa shape index (κ2) is 6.31. The summed E-state index contributed by atoms with van der Waals surface area (Å²) in [4.78, 5) is 4.74. The van der Waals surface area contributed by atoms with Crippen LogP contribution in [0.4, 0.5) is 5.69 Å². The minimum atomic E-state index is -3.63. The molecule has 1 aliphatic heterocycles. The highest BCUT2D eigenvalue weighted by Gasteiger charge is 2.19. The minimum Gasteiger partial charge on any atom is -0.369 e. The van der Waals surface area contributed by atoms with E-state index in [1.165, 1.54) is 0 Å². The summed E-state index contributed by atoms with van der Waals surface area (Å²) >= 11 is 0. The zero-order valence-corrected chi connectivity index (χ0v) is 13.8. The van der Waals surface area contributed by atoms with Crippen molar-refractivity contribution < 1.29 is 12.9 Å². The topological polar surface area (TPSA) is 92.7 Å². The van der Waals surface area contributed by atoms with Crippen molar-refractivity contribution in [2.24, 2.45) is 5.14 Å². The second-order valence-electron chi connectivity index (χ2n) is 5.71. The molecule has 0 bridgehead atoms. The average molecular weight is 336 g/mol. The summed E-state index contributed by atoms with van der Waals surface area (Å²) in [6, 6.07) is 6.72. The first-order valence-electron chi connectivity index (χ1n) is 7.44. The molecule has 3 rings (SSSR count). The predicted molar refractivity (Wildman–Crippen MR) is 86.5 cm³/mol. The van der Waals surface area contributed by atoms with Gasteiger partial charge in [-0.25, -0.2) is 13.6 Å². The van der Waals surface area contributed by atoms with Gasteiger partial charge < -0.3 is 9.42 Å². The Morgan fingerprint density at radius 2 is 1.83 bits per heavy atom. The van der Waals surface area contributed by atoms with E-state index < -0.39 is 10.0 Å². The van der Waals surface area contributed by atoms with Gasteiger partial charge in [0.1, 0.15) is 5.76 Å². The van der Waals surface area contributed by atoms with Crippen LogP contribution in [0.2, 0.25) is 0 Å². The van der Waals surface area contributed by atoms with Gasteiger partial charge in [0.05, 0.1) is 11.1 Å². The van der Waals surface area contributed by atoms with Crippen molar-refractivity contribution in [2.45, 2.75) is 18.4 Å². The van der Waals surface area contributed by atoms with E-state index in [9.17, 15) is 8.42 Å². The molecule has 2 heterocycles. The van der Waals surface area contributed by atoms with E-state index in [-0.39, 0.29) is 4.90 Å². The molecule has 1 fully saturated rings. The lowest BCUT2D eigenvalue weighted by atomic mass is 10.2. The molecule has 8 heteroatoms. The molecule has 0 spiro atoms. The first-order valence-corrected chi connectivity index (χ1v) is 8.98. The van der Waals surface area contributed by atoms with E-state index in [2.05, 4.69) is 15.0 Å². The van der Waals surface area contributed by atoms with Crippen LogP contribution >= 0.6 is 0 Å². The maximum atomic E-state index is 11.3. The van der Waals surface area contributed by atoms with Gasteiger partial charge in [0.2, 0.25) is 10.0 Å². The Bertz CT molecular complexity index is 762. The third-order valence-corrected chi connectivity index (χ3v) is 5.08. The van der Waals surface area contributed by atoms with E-state index in [1.54, 1.807) is 30.5 Å². The molecule has 0 amide bonds. The molecule has 124 valence electrons. The van der Waals surface area contributed by atoms with E-state index in [0.717, 1.165) is 49.7 Å². The molecular formula is C15H20N4O3S. The summed E-state index contributed by atoms with van der Waals surface area (Å²) in [6.45, 7) is 6.40. The molecule has 2 aromatic rings. The number of aromatic nitrogens is 1. The van der Waals surface area contributed by atoms with E-state index >= 15 is 0 Å². The van der Waals surface area contributed by atoms with Crippen LogP contribution in [0.15, 0.2) is 39.9 Å². The molecule has 0 atom stereocenters. The number of hydrogen-bond donors (Lipinski definition) is 1. The van der Waals surface area contributed by atoms with Crippen molar-refractivity contribution >= 4 is 15.7 Å². The van der Waals surface area contributed by atoms with Crippen LogP contribution in [0.1, 0.15) is 11.3 Å². The zero-order chi connectivity index (χ0) is 16.4. The largest absolute Gasteiger partial charge is 0.369 e. The Balaban J connectivity index is 1.59. The molecule has 0 aliphatic carbocycles. The van der Waals surface area contributed by atoms with E-state index in [4.69, 9.17) is 9.66 Å². The molecule has 1 aromatic heterocycles. The summed E-state index contributed by atoms with van der Waals surface area (Å²) in [7, 11) is -3.63. The highest BCUT2D eigenvalue weighted by molar-refractivity contribution is 7.89. The molecule has 1 aromatic carbocycles. The highest BCUT2D eigenvalue weighted by atomic mass is 32.2. The molecule has 0 unspecified atom stereocenters. The fourth-order valence-electron chi connectivity index (χ4n) is 2.72. The van der Waals surface area contributed by atoms with Crippen LogP contribution in [0, 0.1) is 6.92 Å². The number of hydrogen-bond acceptors (Lipinski definition) is 6.